The molecule has 1 unspecified atom stereocenters. The summed E-state index contributed by atoms with van der Waals surface area (Å²) in [5.41, 5.74) is 11.6. The number of hydrogen-bond donors (Lipinski definition) is 0. The molecule has 0 saturated carbocycles. The number of rotatable bonds is 4. The summed E-state index contributed by atoms with van der Waals surface area (Å²) in [6.07, 6.45) is 7.04. The fourth-order valence-electron chi connectivity index (χ4n) is 6.53. The van der Waals surface area contributed by atoms with Gasteiger partial charge in [-0.25, -0.2) is 0 Å². The van der Waals surface area contributed by atoms with Crippen LogP contribution >= 0.6 is 0 Å². The quantitative estimate of drug-likeness (QED) is 0.190. The van der Waals surface area contributed by atoms with Crippen LogP contribution in [0.25, 0.3) is 61.9 Å². The fourth-order valence-corrected chi connectivity index (χ4v) is 6.53. The van der Waals surface area contributed by atoms with Crippen molar-refractivity contribution >= 4 is 34.0 Å². The van der Waals surface area contributed by atoms with Crippen molar-refractivity contribution in [1.29, 1.82) is 0 Å². The summed E-state index contributed by atoms with van der Waals surface area (Å²) >= 11 is 0. The van der Waals surface area contributed by atoms with Crippen LogP contribution in [0.15, 0.2) is 140 Å². The van der Waals surface area contributed by atoms with E-state index in [9.17, 15) is 0 Å². The minimum absolute atomic E-state index is 0. The first-order valence-corrected chi connectivity index (χ1v) is 16.1. The van der Waals surface area contributed by atoms with Crippen LogP contribution in [0.4, 0.5) is 0 Å². The summed E-state index contributed by atoms with van der Waals surface area (Å²) < 4.78 is 2.35. The van der Waals surface area contributed by atoms with Gasteiger partial charge >= 0.3 is 0 Å². The van der Waals surface area contributed by atoms with Gasteiger partial charge in [0.15, 0.2) is 0 Å². The van der Waals surface area contributed by atoms with Gasteiger partial charge in [-0.05, 0) is 88.2 Å². The minimum atomic E-state index is 0. The second-order valence-electron chi connectivity index (χ2n) is 12.2. The molecule has 46 heavy (non-hydrogen) atoms. The Kier molecular flexibility index (Phi) is 9.04. The topological polar surface area (TPSA) is 4.93 Å². The van der Waals surface area contributed by atoms with Crippen molar-refractivity contribution in [3.05, 3.63) is 161 Å². The van der Waals surface area contributed by atoms with E-state index in [1.165, 1.54) is 71.3 Å². The van der Waals surface area contributed by atoms with Gasteiger partial charge in [0.05, 0.1) is 11.0 Å². The first kappa shape index (κ1) is 30.9. The molecule has 1 aromatic heterocycles. The van der Waals surface area contributed by atoms with Crippen molar-refractivity contribution in [3.8, 4) is 27.9 Å². The standard InChI is InChI=1S/C25H19N.C19H20.CH4/c1-18-10-12-19(13-11-18)20-14-16-21(17-15-20)26-24-8-4-2-6-22(24)23-7-3-5-9-25(23)26;1-3-15-8-11-17(12-9-15)18-6-4-5-16-10-7-14(2)13-19(16)18;/h2-17H,1H3;4-6,8-14H,3,7H2,1-2H3;1H4. The zero-order chi connectivity index (χ0) is 30.8. The van der Waals surface area contributed by atoms with E-state index in [0.717, 1.165) is 12.8 Å². The molecular formula is C45H43N. The van der Waals surface area contributed by atoms with E-state index in [1.54, 1.807) is 0 Å². The summed E-state index contributed by atoms with van der Waals surface area (Å²) in [7, 11) is 0. The molecule has 1 heteroatoms. The van der Waals surface area contributed by atoms with Gasteiger partial charge in [0.1, 0.15) is 0 Å². The van der Waals surface area contributed by atoms with Crippen LogP contribution in [-0.4, -0.2) is 4.57 Å². The lowest BCUT2D eigenvalue weighted by Crippen LogP contribution is -2.30. The van der Waals surface area contributed by atoms with E-state index < -0.39 is 0 Å². The maximum Gasteiger partial charge on any atom is 0.0541 e. The third-order valence-electron chi connectivity index (χ3n) is 9.06. The Hall–Kier alpha value is -5.14. The summed E-state index contributed by atoms with van der Waals surface area (Å²) in [6, 6.07) is 50.4. The number of benzene rings is 6. The van der Waals surface area contributed by atoms with Crippen LogP contribution in [0.5, 0.6) is 0 Å². The summed E-state index contributed by atoms with van der Waals surface area (Å²) in [6.45, 7) is 6.61. The highest BCUT2D eigenvalue weighted by atomic mass is 15.0. The predicted molar refractivity (Wildman–Crippen MR) is 201 cm³/mol. The third kappa shape index (κ3) is 6.06. The van der Waals surface area contributed by atoms with Crippen molar-refractivity contribution in [2.24, 2.45) is 5.92 Å². The molecule has 1 atom stereocenters. The molecule has 0 saturated heterocycles. The van der Waals surface area contributed by atoms with E-state index in [1.807, 2.05) is 0 Å². The lowest BCUT2D eigenvalue weighted by atomic mass is 9.93. The fraction of sp³-hybridized carbons (Fsp3) is 0.156. The highest BCUT2D eigenvalue weighted by Crippen LogP contribution is 2.32. The molecule has 6 aromatic carbocycles. The first-order valence-electron chi connectivity index (χ1n) is 16.1. The Balaban J connectivity index is 0.000000166. The lowest BCUT2D eigenvalue weighted by Gasteiger charge is -2.11. The Labute approximate surface area is 273 Å². The minimum Gasteiger partial charge on any atom is -0.309 e. The highest BCUT2D eigenvalue weighted by molar-refractivity contribution is 6.09. The molecule has 0 radical (unpaired) electrons. The van der Waals surface area contributed by atoms with Crippen LogP contribution in [0.3, 0.4) is 0 Å². The predicted octanol–water partition coefficient (Wildman–Crippen LogP) is 10.9. The molecule has 0 spiro atoms. The van der Waals surface area contributed by atoms with Crippen LogP contribution in [0, 0.1) is 12.8 Å². The normalized spacial score (nSPS) is 13.5. The van der Waals surface area contributed by atoms with Crippen molar-refractivity contribution in [2.45, 2.75) is 41.0 Å². The largest absolute Gasteiger partial charge is 0.309 e. The number of aryl methyl sites for hydroxylation is 2. The number of nitrogens with zero attached hydrogens (tertiary/aromatic N) is 1. The average molecular weight is 598 g/mol. The molecule has 0 bridgehead atoms. The van der Waals surface area contributed by atoms with E-state index in [-0.39, 0.29) is 7.43 Å². The number of fused-ring (bicyclic) bond motifs is 4. The zero-order valence-electron chi connectivity index (χ0n) is 26.4. The van der Waals surface area contributed by atoms with Gasteiger partial charge in [-0.2, -0.15) is 0 Å². The smallest absolute Gasteiger partial charge is 0.0541 e. The summed E-state index contributed by atoms with van der Waals surface area (Å²) in [5, 5.41) is 5.39. The third-order valence-corrected chi connectivity index (χ3v) is 9.06. The van der Waals surface area contributed by atoms with Gasteiger partial charge in [0, 0.05) is 16.5 Å². The molecule has 7 aromatic rings. The number of para-hydroxylation sites is 2. The highest BCUT2D eigenvalue weighted by Gasteiger charge is 2.11. The van der Waals surface area contributed by atoms with Crippen LogP contribution in [0.2, 0.25) is 0 Å². The van der Waals surface area contributed by atoms with Crippen LogP contribution < -0.4 is 10.4 Å². The van der Waals surface area contributed by atoms with E-state index in [0.29, 0.717) is 5.92 Å². The molecule has 1 aliphatic rings. The van der Waals surface area contributed by atoms with Gasteiger partial charge in [0.25, 0.3) is 0 Å². The van der Waals surface area contributed by atoms with Gasteiger partial charge in [-0.1, -0.05) is 154 Å². The van der Waals surface area contributed by atoms with Gasteiger partial charge in [-0.15, -0.1) is 0 Å². The molecular weight excluding hydrogens is 555 g/mol. The second-order valence-corrected chi connectivity index (χ2v) is 12.2. The lowest BCUT2D eigenvalue weighted by molar-refractivity contribution is 0.800. The van der Waals surface area contributed by atoms with E-state index in [4.69, 9.17) is 0 Å². The Morgan fingerprint density at radius 1 is 0.609 bits per heavy atom. The molecule has 0 aliphatic heterocycles. The molecule has 1 nitrogen and oxygen atoms in total. The molecule has 0 fully saturated rings. The molecule has 228 valence electrons. The average Bonchev–Trinajstić information content (AvgIpc) is 3.43. The summed E-state index contributed by atoms with van der Waals surface area (Å²) in [5.74, 6) is 0.642. The van der Waals surface area contributed by atoms with Crippen molar-refractivity contribution in [1.82, 2.24) is 4.57 Å². The van der Waals surface area contributed by atoms with Crippen molar-refractivity contribution in [3.63, 3.8) is 0 Å². The Bertz CT molecular complexity index is 2160. The SMILES string of the molecule is C.CCc1ccc(-c2cccc3c2=CC(C)CC=3)cc1.Cc1ccc(-c2ccc(-n3c4ccccc4c4ccccc43)cc2)cc1. The molecule has 1 aliphatic carbocycles. The molecule has 0 amide bonds. The summed E-state index contributed by atoms with van der Waals surface area (Å²) in [4.78, 5) is 0. The molecule has 0 N–H and O–H groups in total. The Morgan fingerprint density at radius 3 is 1.78 bits per heavy atom. The molecule has 1 heterocycles. The van der Waals surface area contributed by atoms with Gasteiger partial charge < -0.3 is 4.57 Å². The maximum absolute atomic E-state index is 2.42. The van der Waals surface area contributed by atoms with Crippen molar-refractivity contribution < 1.29 is 0 Å². The Morgan fingerprint density at radius 2 is 1.17 bits per heavy atom. The van der Waals surface area contributed by atoms with Gasteiger partial charge in [-0.3, -0.25) is 0 Å². The number of hydrogen-bond acceptors (Lipinski definition) is 0. The van der Waals surface area contributed by atoms with Crippen LogP contribution in [0.1, 0.15) is 38.8 Å². The molecule has 8 rings (SSSR count). The van der Waals surface area contributed by atoms with E-state index in [2.05, 4.69) is 177 Å². The second kappa shape index (κ2) is 13.5. The van der Waals surface area contributed by atoms with Gasteiger partial charge in [0.2, 0.25) is 0 Å². The number of aromatic nitrogens is 1. The van der Waals surface area contributed by atoms with Crippen LogP contribution in [-0.2, 0) is 6.42 Å². The first-order chi connectivity index (χ1) is 22.1. The maximum atomic E-state index is 2.42. The zero-order valence-corrected chi connectivity index (χ0v) is 26.4. The van der Waals surface area contributed by atoms with E-state index >= 15 is 0 Å². The monoisotopic (exact) mass is 597 g/mol. The van der Waals surface area contributed by atoms with Crippen molar-refractivity contribution in [2.75, 3.05) is 0 Å².